The maximum atomic E-state index is 12.9. The summed E-state index contributed by atoms with van der Waals surface area (Å²) in [6, 6.07) is 9.15. The Bertz CT molecular complexity index is 1040. The number of esters is 1. The first-order valence-corrected chi connectivity index (χ1v) is 9.42. The summed E-state index contributed by atoms with van der Waals surface area (Å²) in [5, 5.41) is 7.00. The number of aryl methyl sites for hydroxylation is 2. The van der Waals surface area contributed by atoms with E-state index in [0.717, 1.165) is 54.3 Å². The molecule has 0 aliphatic heterocycles. The number of rotatable bonds is 4. The number of anilines is 1. The summed E-state index contributed by atoms with van der Waals surface area (Å²) in [6.07, 6.45) is 4.83. The lowest BCUT2D eigenvalue weighted by atomic mass is 9.97. The van der Waals surface area contributed by atoms with Crippen molar-refractivity contribution >= 4 is 28.6 Å². The molecule has 0 fully saturated rings. The molecule has 2 aromatic heterocycles. The molecular formula is C21H21N3O4. The third kappa shape index (κ3) is 3.74. The molecule has 0 saturated carbocycles. The second-order valence-electron chi connectivity index (χ2n) is 6.94. The molecule has 1 aliphatic carbocycles. The molecule has 0 unspecified atom stereocenters. The molecule has 7 heteroatoms. The molecule has 0 atom stereocenters. The van der Waals surface area contributed by atoms with E-state index in [4.69, 9.17) is 14.2 Å². The molecule has 28 heavy (non-hydrogen) atoms. The quantitative estimate of drug-likeness (QED) is 0.550. The fourth-order valence-electron chi connectivity index (χ4n) is 3.59. The minimum Gasteiger partial charge on any atom is -0.452 e. The number of carbonyl (C=O) groups excluding carboxylic acids is 2. The van der Waals surface area contributed by atoms with Gasteiger partial charge in [-0.1, -0.05) is 29.8 Å². The fraction of sp³-hybridized carbons (Fsp3) is 0.333. The number of nitrogens with zero attached hydrogens (tertiary/aromatic N) is 2. The van der Waals surface area contributed by atoms with E-state index in [9.17, 15) is 9.59 Å². The summed E-state index contributed by atoms with van der Waals surface area (Å²) in [4.78, 5) is 29.8. The van der Waals surface area contributed by atoms with Crippen LogP contribution in [-0.4, -0.2) is 28.6 Å². The number of fused-ring (bicyclic) bond motifs is 2. The molecule has 0 saturated heterocycles. The Balaban J connectivity index is 1.58. The number of para-hydroxylation sites is 1. The summed E-state index contributed by atoms with van der Waals surface area (Å²) in [7, 11) is 0. The molecule has 7 nitrogen and oxygen atoms in total. The van der Waals surface area contributed by atoms with Crippen molar-refractivity contribution in [3.05, 3.63) is 52.9 Å². The molecule has 1 N–H and O–H groups in total. The number of pyridine rings is 1. The number of carbonyl (C=O) groups is 2. The second-order valence-corrected chi connectivity index (χ2v) is 6.94. The molecule has 3 aromatic rings. The third-order valence-electron chi connectivity index (χ3n) is 4.85. The Labute approximate surface area is 162 Å². The average Bonchev–Trinajstić information content (AvgIpc) is 2.95. The number of hydrogen-bond donors (Lipinski definition) is 1. The Kier molecular flexibility index (Phi) is 5.06. The van der Waals surface area contributed by atoms with E-state index in [2.05, 4.69) is 10.5 Å². The van der Waals surface area contributed by atoms with Crippen molar-refractivity contribution in [3.8, 4) is 0 Å². The standard InChI is InChI=1S/C21H21N3O4/c1-13-11-18(24-28-13)23-19(25)12-27-21(26)20-14-7-3-2-4-9-16(14)22-17-10-6-5-8-15(17)20/h5-6,8,10-11H,2-4,7,9,12H2,1H3,(H,23,24,25). The summed E-state index contributed by atoms with van der Waals surface area (Å²) >= 11 is 0. The first-order valence-electron chi connectivity index (χ1n) is 9.42. The van der Waals surface area contributed by atoms with Crippen LogP contribution in [0.25, 0.3) is 10.9 Å². The first-order chi connectivity index (χ1) is 13.6. The van der Waals surface area contributed by atoms with Crippen LogP contribution in [0.1, 0.15) is 46.6 Å². The topological polar surface area (TPSA) is 94.3 Å². The summed E-state index contributed by atoms with van der Waals surface area (Å²) < 4.78 is 10.2. The van der Waals surface area contributed by atoms with Crippen LogP contribution in [-0.2, 0) is 22.4 Å². The van der Waals surface area contributed by atoms with Crippen LogP contribution in [0.15, 0.2) is 34.9 Å². The van der Waals surface area contributed by atoms with Gasteiger partial charge in [0.25, 0.3) is 5.91 Å². The number of amides is 1. The van der Waals surface area contributed by atoms with Gasteiger partial charge in [-0.05, 0) is 44.2 Å². The lowest BCUT2D eigenvalue weighted by Crippen LogP contribution is -2.22. The van der Waals surface area contributed by atoms with E-state index in [1.165, 1.54) is 0 Å². The summed E-state index contributed by atoms with van der Waals surface area (Å²) in [5.41, 5.74) is 3.23. The van der Waals surface area contributed by atoms with E-state index in [0.29, 0.717) is 17.1 Å². The molecule has 1 amide bonds. The van der Waals surface area contributed by atoms with Gasteiger partial charge >= 0.3 is 5.97 Å². The highest BCUT2D eigenvalue weighted by molar-refractivity contribution is 6.06. The van der Waals surface area contributed by atoms with E-state index in [1.54, 1.807) is 13.0 Å². The molecule has 0 spiro atoms. The van der Waals surface area contributed by atoms with Crippen molar-refractivity contribution in [2.75, 3.05) is 11.9 Å². The Morgan fingerprint density at radius 2 is 2.00 bits per heavy atom. The zero-order valence-electron chi connectivity index (χ0n) is 15.7. The number of aromatic nitrogens is 2. The number of nitrogens with one attached hydrogen (secondary N) is 1. The highest BCUT2D eigenvalue weighted by Crippen LogP contribution is 2.29. The predicted molar refractivity (Wildman–Crippen MR) is 103 cm³/mol. The van der Waals surface area contributed by atoms with E-state index >= 15 is 0 Å². The number of hydrogen-bond acceptors (Lipinski definition) is 6. The van der Waals surface area contributed by atoms with Crippen LogP contribution in [0.4, 0.5) is 5.82 Å². The van der Waals surface area contributed by atoms with Crippen LogP contribution in [0.2, 0.25) is 0 Å². The molecule has 0 radical (unpaired) electrons. The Morgan fingerprint density at radius 3 is 2.82 bits per heavy atom. The van der Waals surface area contributed by atoms with Gasteiger partial charge in [0.15, 0.2) is 12.4 Å². The predicted octanol–water partition coefficient (Wildman–Crippen LogP) is 3.60. The van der Waals surface area contributed by atoms with Crippen molar-refractivity contribution in [1.29, 1.82) is 0 Å². The minimum atomic E-state index is -0.497. The molecule has 4 rings (SSSR count). The lowest BCUT2D eigenvalue weighted by molar-refractivity contribution is -0.119. The number of benzene rings is 1. The van der Waals surface area contributed by atoms with Gasteiger partial charge in [-0.15, -0.1) is 0 Å². The van der Waals surface area contributed by atoms with Gasteiger partial charge in [-0.3, -0.25) is 9.78 Å². The molecule has 144 valence electrons. The fourth-order valence-corrected chi connectivity index (χ4v) is 3.59. The Morgan fingerprint density at radius 1 is 1.18 bits per heavy atom. The molecule has 1 aliphatic rings. The van der Waals surface area contributed by atoms with Crippen molar-refractivity contribution in [3.63, 3.8) is 0 Å². The highest BCUT2D eigenvalue weighted by atomic mass is 16.5. The zero-order valence-corrected chi connectivity index (χ0v) is 15.7. The monoisotopic (exact) mass is 379 g/mol. The van der Waals surface area contributed by atoms with Gasteiger partial charge in [0.05, 0.1) is 11.1 Å². The average molecular weight is 379 g/mol. The highest BCUT2D eigenvalue weighted by Gasteiger charge is 2.23. The largest absolute Gasteiger partial charge is 0.452 e. The van der Waals surface area contributed by atoms with Crippen molar-refractivity contribution in [1.82, 2.24) is 10.1 Å². The van der Waals surface area contributed by atoms with Gasteiger partial charge in [0, 0.05) is 17.1 Å². The lowest BCUT2D eigenvalue weighted by Gasteiger charge is -2.14. The van der Waals surface area contributed by atoms with Gasteiger partial charge in [0.1, 0.15) is 5.76 Å². The molecule has 2 heterocycles. The van der Waals surface area contributed by atoms with Gasteiger partial charge in [-0.2, -0.15) is 0 Å². The SMILES string of the molecule is Cc1cc(NC(=O)COC(=O)c2c3c(nc4ccccc24)CCCCC3)no1. The maximum absolute atomic E-state index is 12.9. The third-order valence-corrected chi connectivity index (χ3v) is 4.85. The number of ether oxygens (including phenoxy) is 1. The molecular weight excluding hydrogens is 358 g/mol. The Hall–Kier alpha value is -3.22. The first kappa shape index (κ1) is 18.2. The van der Waals surface area contributed by atoms with Gasteiger partial charge < -0.3 is 14.6 Å². The second kappa shape index (κ2) is 7.80. The van der Waals surface area contributed by atoms with Crippen LogP contribution < -0.4 is 5.32 Å². The van der Waals surface area contributed by atoms with Crippen LogP contribution >= 0.6 is 0 Å². The maximum Gasteiger partial charge on any atom is 0.339 e. The molecule has 1 aromatic carbocycles. The van der Waals surface area contributed by atoms with Crippen LogP contribution in [0, 0.1) is 6.92 Å². The van der Waals surface area contributed by atoms with Crippen molar-refractivity contribution < 1.29 is 18.8 Å². The smallest absolute Gasteiger partial charge is 0.339 e. The summed E-state index contributed by atoms with van der Waals surface area (Å²) in [6.45, 7) is 1.33. The minimum absolute atomic E-state index is 0.293. The molecule has 0 bridgehead atoms. The van der Waals surface area contributed by atoms with Gasteiger partial charge in [0.2, 0.25) is 0 Å². The normalized spacial score (nSPS) is 13.6. The van der Waals surface area contributed by atoms with E-state index in [-0.39, 0.29) is 0 Å². The van der Waals surface area contributed by atoms with Crippen molar-refractivity contribution in [2.45, 2.75) is 39.0 Å². The van der Waals surface area contributed by atoms with Crippen LogP contribution in [0.3, 0.4) is 0 Å². The van der Waals surface area contributed by atoms with E-state index in [1.807, 2.05) is 24.3 Å². The van der Waals surface area contributed by atoms with Crippen LogP contribution in [0.5, 0.6) is 0 Å². The summed E-state index contributed by atoms with van der Waals surface area (Å²) in [5.74, 6) is -0.0886. The van der Waals surface area contributed by atoms with Gasteiger partial charge in [-0.25, -0.2) is 4.79 Å². The van der Waals surface area contributed by atoms with Crippen molar-refractivity contribution in [2.24, 2.45) is 0 Å². The zero-order chi connectivity index (χ0) is 19.5. The van der Waals surface area contributed by atoms with E-state index < -0.39 is 18.5 Å².